The van der Waals surface area contributed by atoms with Gasteiger partial charge >= 0.3 is 5.97 Å². The fourth-order valence-electron chi connectivity index (χ4n) is 3.02. The number of carbonyl (C=O) groups is 3. The number of amides is 2. The van der Waals surface area contributed by atoms with Crippen molar-refractivity contribution >= 4 is 23.5 Å². The number of unbranched alkanes of at least 4 members (excludes halogenated alkanes) is 1. The maximum Gasteiger partial charge on any atom is 0.307 e. The van der Waals surface area contributed by atoms with Gasteiger partial charge < -0.3 is 15.0 Å². The van der Waals surface area contributed by atoms with E-state index < -0.39 is 0 Å². The van der Waals surface area contributed by atoms with Crippen molar-refractivity contribution < 1.29 is 19.1 Å². The number of benzene rings is 1. The van der Waals surface area contributed by atoms with Crippen LogP contribution in [0.4, 0.5) is 5.69 Å². The maximum absolute atomic E-state index is 12.3. The lowest BCUT2D eigenvalue weighted by atomic mass is 10.1. The van der Waals surface area contributed by atoms with Crippen molar-refractivity contribution in [2.24, 2.45) is 5.92 Å². The Labute approximate surface area is 154 Å². The van der Waals surface area contributed by atoms with Gasteiger partial charge in [-0.25, -0.2) is 0 Å². The van der Waals surface area contributed by atoms with E-state index in [0.717, 1.165) is 24.9 Å². The quantitative estimate of drug-likeness (QED) is 0.687. The van der Waals surface area contributed by atoms with Crippen molar-refractivity contribution in [3.8, 4) is 0 Å². The van der Waals surface area contributed by atoms with E-state index in [-0.39, 0.29) is 43.1 Å². The lowest BCUT2D eigenvalue weighted by Crippen LogP contribution is -2.34. The molecule has 142 valence electrons. The molecular weight excluding hydrogens is 332 g/mol. The number of esters is 1. The molecule has 1 fully saturated rings. The molecule has 0 aliphatic carbocycles. The highest BCUT2D eigenvalue weighted by molar-refractivity contribution is 6.00. The normalized spacial score (nSPS) is 16.6. The van der Waals surface area contributed by atoms with E-state index in [0.29, 0.717) is 13.2 Å². The molecule has 1 aliphatic heterocycles. The summed E-state index contributed by atoms with van der Waals surface area (Å²) >= 11 is 0. The minimum absolute atomic E-state index is 0.0446. The third kappa shape index (κ3) is 5.58. The molecule has 1 N–H and O–H groups in total. The van der Waals surface area contributed by atoms with Gasteiger partial charge in [0, 0.05) is 25.2 Å². The number of hydrogen-bond acceptors (Lipinski definition) is 4. The predicted molar refractivity (Wildman–Crippen MR) is 99.8 cm³/mol. The Balaban J connectivity index is 1.85. The number of nitrogens with zero attached hydrogens (tertiary/aromatic N) is 1. The average Bonchev–Trinajstić information content (AvgIpc) is 3.02. The first-order valence-electron chi connectivity index (χ1n) is 9.37. The highest BCUT2D eigenvalue weighted by Gasteiger charge is 2.34. The minimum atomic E-state index is -0.385. The molecular formula is C20H28N2O4. The molecule has 26 heavy (non-hydrogen) atoms. The summed E-state index contributed by atoms with van der Waals surface area (Å²) in [7, 11) is 0. The highest BCUT2D eigenvalue weighted by Crippen LogP contribution is 2.25. The minimum Gasteiger partial charge on any atom is -0.466 e. The zero-order chi connectivity index (χ0) is 18.9. The summed E-state index contributed by atoms with van der Waals surface area (Å²) in [4.78, 5) is 37.5. The fraction of sp³-hybridized carbons (Fsp3) is 0.550. The molecule has 1 saturated heterocycles. The lowest BCUT2D eigenvalue weighted by molar-refractivity contribution is -0.143. The lowest BCUT2D eigenvalue weighted by Gasteiger charge is -2.17. The summed E-state index contributed by atoms with van der Waals surface area (Å²) in [6.45, 7) is 4.84. The fourth-order valence-corrected chi connectivity index (χ4v) is 3.02. The first-order chi connectivity index (χ1) is 12.5. The molecule has 6 heteroatoms. The Morgan fingerprint density at radius 1 is 1.23 bits per heavy atom. The Kier molecular flexibility index (Phi) is 7.63. The molecule has 1 heterocycles. The van der Waals surface area contributed by atoms with Crippen LogP contribution in [0.3, 0.4) is 0 Å². The summed E-state index contributed by atoms with van der Waals surface area (Å²) in [6, 6.07) is 7.99. The maximum atomic E-state index is 12.3. The van der Waals surface area contributed by atoms with Crippen molar-refractivity contribution in [3.63, 3.8) is 0 Å². The molecule has 1 atom stereocenters. The van der Waals surface area contributed by atoms with Crippen LogP contribution in [0.25, 0.3) is 0 Å². The Morgan fingerprint density at radius 3 is 2.62 bits per heavy atom. The standard InChI is InChI=1S/C20H28N2O4/c1-3-5-6-15-7-9-17(10-8-15)22-14-16(13-18(22)23)20(25)21-12-11-19(24)26-4-2/h7-10,16H,3-6,11-14H2,1-2H3,(H,21,25). The second kappa shape index (κ2) is 9.94. The molecule has 1 aromatic rings. The van der Waals surface area contributed by atoms with Gasteiger partial charge in [-0.05, 0) is 37.5 Å². The zero-order valence-electron chi connectivity index (χ0n) is 15.6. The van der Waals surface area contributed by atoms with Gasteiger partial charge in [0.15, 0.2) is 0 Å². The van der Waals surface area contributed by atoms with Crippen LogP contribution in [0.5, 0.6) is 0 Å². The van der Waals surface area contributed by atoms with Crippen LogP contribution in [0.1, 0.15) is 45.1 Å². The highest BCUT2D eigenvalue weighted by atomic mass is 16.5. The second-order valence-corrected chi connectivity index (χ2v) is 6.52. The van der Waals surface area contributed by atoms with Gasteiger partial charge in [-0.2, -0.15) is 0 Å². The topological polar surface area (TPSA) is 75.7 Å². The number of ether oxygens (including phenoxy) is 1. The van der Waals surface area contributed by atoms with Crippen LogP contribution in [0, 0.1) is 5.92 Å². The van der Waals surface area contributed by atoms with E-state index in [1.54, 1.807) is 11.8 Å². The Hall–Kier alpha value is -2.37. The van der Waals surface area contributed by atoms with Crippen molar-refractivity contribution in [1.82, 2.24) is 5.32 Å². The van der Waals surface area contributed by atoms with Gasteiger partial charge in [0.2, 0.25) is 11.8 Å². The average molecular weight is 360 g/mol. The largest absolute Gasteiger partial charge is 0.466 e. The smallest absolute Gasteiger partial charge is 0.307 e. The molecule has 0 spiro atoms. The van der Waals surface area contributed by atoms with Crippen LogP contribution in [-0.4, -0.2) is 37.5 Å². The van der Waals surface area contributed by atoms with E-state index >= 15 is 0 Å². The molecule has 0 radical (unpaired) electrons. The molecule has 2 amide bonds. The van der Waals surface area contributed by atoms with Gasteiger partial charge in [-0.1, -0.05) is 25.5 Å². The van der Waals surface area contributed by atoms with E-state index in [1.165, 1.54) is 5.56 Å². The molecule has 1 unspecified atom stereocenters. The van der Waals surface area contributed by atoms with E-state index in [9.17, 15) is 14.4 Å². The van der Waals surface area contributed by atoms with Crippen molar-refractivity contribution in [2.75, 3.05) is 24.6 Å². The van der Waals surface area contributed by atoms with Crippen molar-refractivity contribution in [1.29, 1.82) is 0 Å². The van der Waals surface area contributed by atoms with E-state index in [4.69, 9.17) is 4.74 Å². The van der Waals surface area contributed by atoms with Crippen molar-refractivity contribution in [2.45, 2.75) is 46.0 Å². The third-order valence-electron chi connectivity index (χ3n) is 4.50. The number of anilines is 1. The van der Waals surface area contributed by atoms with Gasteiger partial charge in [0.05, 0.1) is 18.9 Å². The SMILES string of the molecule is CCCCc1ccc(N2CC(C(=O)NCCC(=O)OCC)CC2=O)cc1. The third-order valence-corrected chi connectivity index (χ3v) is 4.50. The molecule has 1 aliphatic rings. The van der Waals surface area contributed by atoms with Crippen LogP contribution >= 0.6 is 0 Å². The van der Waals surface area contributed by atoms with Gasteiger partial charge in [0.1, 0.15) is 0 Å². The number of hydrogen-bond donors (Lipinski definition) is 1. The van der Waals surface area contributed by atoms with Gasteiger partial charge in [-0.15, -0.1) is 0 Å². The Morgan fingerprint density at radius 2 is 1.96 bits per heavy atom. The summed E-state index contributed by atoms with van der Waals surface area (Å²) in [6.07, 6.45) is 3.68. The first kappa shape index (κ1) is 19.9. The van der Waals surface area contributed by atoms with Gasteiger partial charge in [-0.3, -0.25) is 14.4 Å². The van der Waals surface area contributed by atoms with Gasteiger partial charge in [0.25, 0.3) is 0 Å². The molecule has 2 rings (SSSR count). The zero-order valence-corrected chi connectivity index (χ0v) is 15.6. The van der Waals surface area contributed by atoms with E-state index in [1.807, 2.05) is 24.3 Å². The summed E-state index contributed by atoms with van der Waals surface area (Å²) < 4.78 is 4.82. The molecule has 0 bridgehead atoms. The van der Waals surface area contributed by atoms with Crippen LogP contribution < -0.4 is 10.2 Å². The summed E-state index contributed by atoms with van der Waals surface area (Å²) in [5.41, 5.74) is 2.09. The summed E-state index contributed by atoms with van der Waals surface area (Å²) in [5, 5.41) is 2.72. The van der Waals surface area contributed by atoms with Crippen LogP contribution in [0.15, 0.2) is 24.3 Å². The molecule has 0 aromatic heterocycles. The molecule has 6 nitrogen and oxygen atoms in total. The van der Waals surface area contributed by atoms with Crippen LogP contribution in [0.2, 0.25) is 0 Å². The predicted octanol–water partition coefficient (Wildman–Crippen LogP) is 2.45. The Bertz CT molecular complexity index is 627. The van der Waals surface area contributed by atoms with E-state index in [2.05, 4.69) is 12.2 Å². The number of carbonyl (C=O) groups excluding carboxylic acids is 3. The first-order valence-corrected chi connectivity index (χ1v) is 9.37. The summed E-state index contributed by atoms with van der Waals surface area (Å²) in [5.74, 6) is -0.953. The second-order valence-electron chi connectivity index (χ2n) is 6.52. The number of nitrogens with one attached hydrogen (secondary N) is 1. The monoisotopic (exact) mass is 360 g/mol. The van der Waals surface area contributed by atoms with Crippen LogP contribution in [-0.2, 0) is 25.5 Å². The van der Waals surface area contributed by atoms with Crippen molar-refractivity contribution in [3.05, 3.63) is 29.8 Å². The molecule has 1 aromatic carbocycles. The number of rotatable bonds is 9. The molecule has 0 saturated carbocycles. The number of aryl methyl sites for hydroxylation is 1.